The number of phenols is 1. The van der Waals surface area contributed by atoms with Crippen molar-refractivity contribution >= 4 is 21.9 Å². The highest BCUT2D eigenvalue weighted by atomic mass is 79.9. The first kappa shape index (κ1) is 11.7. The highest BCUT2D eigenvalue weighted by Gasteiger charge is 2.19. The molecule has 15 heavy (non-hydrogen) atoms. The van der Waals surface area contributed by atoms with Gasteiger partial charge >= 0.3 is 5.97 Å². The van der Waals surface area contributed by atoms with Gasteiger partial charge in [0.2, 0.25) is 0 Å². The number of carbonyl (C=O) groups is 1. The Morgan fingerprint density at radius 2 is 2.20 bits per heavy atom. The van der Waals surface area contributed by atoms with Gasteiger partial charge < -0.3 is 15.9 Å². The molecule has 0 saturated carbocycles. The molecular weight excluding hydrogens is 262 g/mol. The number of carboxylic acids is 1. The molecule has 5 heteroatoms. The van der Waals surface area contributed by atoms with Crippen LogP contribution in [0.4, 0.5) is 0 Å². The van der Waals surface area contributed by atoms with Crippen LogP contribution in [-0.4, -0.2) is 16.2 Å². The molecule has 0 spiro atoms. The SMILES string of the molecule is C=C[C@H](N)c1c(C(=O)O)ccc(Br)c1O. The van der Waals surface area contributed by atoms with Gasteiger partial charge in [-0.3, -0.25) is 0 Å². The van der Waals surface area contributed by atoms with Crippen LogP contribution in [0.25, 0.3) is 0 Å². The van der Waals surface area contributed by atoms with E-state index in [9.17, 15) is 9.90 Å². The smallest absolute Gasteiger partial charge is 0.336 e. The maximum absolute atomic E-state index is 10.9. The number of benzene rings is 1. The van der Waals surface area contributed by atoms with E-state index in [1.54, 1.807) is 0 Å². The fraction of sp³-hybridized carbons (Fsp3) is 0.100. The number of carboxylic acid groups (broad SMARTS) is 1. The summed E-state index contributed by atoms with van der Waals surface area (Å²) in [6.07, 6.45) is 1.37. The van der Waals surface area contributed by atoms with Gasteiger partial charge in [-0.15, -0.1) is 6.58 Å². The molecule has 0 amide bonds. The van der Waals surface area contributed by atoms with Gasteiger partial charge in [-0.05, 0) is 28.1 Å². The van der Waals surface area contributed by atoms with E-state index in [1.165, 1.54) is 18.2 Å². The maximum Gasteiger partial charge on any atom is 0.336 e. The van der Waals surface area contributed by atoms with Crippen LogP contribution in [-0.2, 0) is 0 Å². The van der Waals surface area contributed by atoms with Gasteiger partial charge in [0.05, 0.1) is 16.1 Å². The summed E-state index contributed by atoms with van der Waals surface area (Å²) in [5, 5.41) is 18.6. The minimum Gasteiger partial charge on any atom is -0.506 e. The molecule has 0 unspecified atom stereocenters. The molecule has 0 fully saturated rings. The first-order chi connectivity index (χ1) is 6.99. The molecule has 0 bridgehead atoms. The van der Waals surface area contributed by atoms with Crippen LogP contribution in [0.5, 0.6) is 5.75 Å². The van der Waals surface area contributed by atoms with E-state index >= 15 is 0 Å². The Bertz CT molecular complexity index is 417. The lowest BCUT2D eigenvalue weighted by Crippen LogP contribution is -2.13. The van der Waals surface area contributed by atoms with Crippen molar-refractivity contribution in [2.45, 2.75) is 6.04 Å². The molecule has 1 atom stereocenters. The summed E-state index contributed by atoms with van der Waals surface area (Å²) >= 11 is 3.09. The van der Waals surface area contributed by atoms with Gasteiger partial charge in [0.25, 0.3) is 0 Å². The number of aromatic carboxylic acids is 1. The monoisotopic (exact) mass is 271 g/mol. The predicted octanol–water partition coefficient (Wildman–Crippen LogP) is 2.04. The second kappa shape index (κ2) is 4.46. The number of rotatable bonds is 3. The van der Waals surface area contributed by atoms with Crippen molar-refractivity contribution in [3.8, 4) is 5.75 Å². The minimum atomic E-state index is -1.13. The van der Waals surface area contributed by atoms with E-state index in [4.69, 9.17) is 10.8 Å². The van der Waals surface area contributed by atoms with Crippen molar-refractivity contribution in [2.75, 3.05) is 0 Å². The average molecular weight is 272 g/mol. The summed E-state index contributed by atoms with van der Waals surface area (Å²) in [6, 6.07) is 2.12. The van der Waals surface area contributed by atoms with Crippen molar-refractivity contribution in [1.82, 2.24) is 0 Å². The molecule has 0 aromatic heterocycles. The highest BCUT2D eigenvalue weighted by molar-refractivity contribution is 9.10. The second-order valence-corrected chi connectivity index (χ2v) is 3.78. The lowest BCUT2D eigenvalue weighted by molar-refractivity contribution is 0.0694. The van der Waals surface area contributed by atoms with Crippen molar-refractivity contribution in [3.63, 3.8) is 0 Å². The van der Waals surface area contributed by atoms with Crippen LogP contribution in [0.15, 0.2) is 29.3 Å². The van der Waals surface area contributed by atoms with E-state index < -0.39 is 12.0 Å². The molecule has 0 radical (unpaired) electrons. The molecule has 1 rings (SSSR count). The van der Waals surface area contributed by atoms with E-state index in [2.05, 4.69) is 22.5 Å². The summed E-state index contributed by atoms with van der Waals surface area (Å²) in [7, 11) is 0. The van der Waals surface area contributed by atoms with E-state index in [-0.39, 0.29) is 16.9 Å². The predicted molar refractivity (Wildman–Crippen MR) is 59.9 cm³/mol. The summed E-state index contributed by atoms with van der Waals surface area (Å²) in [5.74, 6) is -1.30. The third-order valence-electron chi connectivity index (χ3n) is 1.99. The summed E-state index contributed by atoms with van der Waals surface area (Å²) < 4.78 is 0.403. The highest BCUT2D eigenvalue weighted by Crippen LogP contribution is 2.34. The number of nitrogens with two attached hydrogens (primary N) is 1. The Labute approximate surface area is 95.2 Å². The molecule has 80 valence electrons. The average Bonchev–Trinajstić information content (AvgIpc) is 2.20. The number of phenolic OH excluding ortho intramolecular Hbond substituents is 1. The first-order valence-corrected chi connectivity index (χ1v) is 4.91. The zero-order valence-corrected chi connectivity index (χ0v) is 9.36. The molecule has 0 saturated heterocycles. The van der Waals surface area contributed by atoms with Crippen LogP contribution < -0.4 is 5.73 Å². The Balaban J connectivity index is 3.48. The lowest BCUT2D eigenvalue weighted by Gasteiger charge is -2.13. The molecule has 1 aromatic carbocycles. The quantitative estimate of drug-likeness (QED) is 0.735. The first-order valence-electron chi connectivity index (χ1n) is 4.11. The van der Waals surface area contributed by atoms with Gasteiger partial charge in [-0.25, -0.2) is 4.79 Å². The molecule has 0 aliphatic carbocycles. The summed E-state index contributed by atoms with van der Waals surface area (Å²) in [5.41, 5.74) is 5.77. The topological polar surface area (TPSA) is 83.6 Å². The van der Waals surface area contributed by atoms with Crippen molar-refractivity contribution < 1.29 is 15.0 Å². The van der Waals surface area contributed by atoms with Gasteiger partial charge in [0, 0.05) is 5.56 Å². The van der Waals surface area contributed by atoms with E-state index in [1.807, 2.05) is 0 Å². The number of aromatic hydroxyl groups is 1. The van der Waals surface area contributed by atoms with Crippen LogP contribution in [0.2, 0.25) is 0 Å². The standard InChI is InChI=1S/C10H10BrNO3/c1-2-7(12)8-5(10(14)15)3-4-6(11)9(8)13/h2-4,7,13H,1,12H2,(H,14,15)/t7-/m0/s1. The Kier molecular flexibility index (Phi) is 3.49. The van der Waals surface area contributed by atoms with Crippen molar-refractivity contribution in [3.05, 3.63) is 40.4 Å². The molecular formula is C10H10BrNO3. The Morgan fingerprint density at radius 1 is 1.60 bits per heavy atom. The largest absolute Gasteiger partial charge is 0.506 e. The fourth-order valence-corrected chi connectivity index (χ4v) is 1.57. The van der Waals surface area contributed by atoms with E-state index in [0.717, 1.165) is 0 Å². The maximum atomic E-state index is 10.9. The zero-order chi connectivity index (χ0) is 11.6. The molecule has 0 heterocycles. The van der Waals surface area contributed by atoms with Crippen LogP contribution >= 0.6 is 15.9 Å². The molecule has 4 N–H and O–H groups in total. The van der Waals surface area contributed by atoms with E-state index in [0.29, 0.717) is 4.47 Å². The Morgan fingerprint density at radius 3 is 2.67 bits per heavy atom. The summed E-state index contributed by atoms with van der Waals surface area (Å²) in [6.45, 7) is 3.46. The summed E-state index contributed by atoms with van der Waals surface area (Å²) in [4.78, 5) is 10.9. The van der Waals surface area contributed by atoms with Crippen LogP contribution in [0.1, 0.15) is 22.0 Å². The van der Waals surface area contributed by atoms with Crippen molar-refractivity contribution in [2.24, 2.45) is 5.73 Å². The van der Waals surface area contributed by atoms with Crippen LogP contribution in [0, 0.1) is 0 Å². The third-order valence-corrected chi connectivity index (χ3v) is 2.63. The van der Waals surface area contributed by atoms with Gasteiger partial charge in [0.15, 0.2) is 0 Å². The number of hydrogen-bond donors (Lipinski definition) is 3. The lowest BCUT2D eigenvalue weighted by atomic mass is 10.00. The number of hydrogen-bond acceptors (Lipinski definition) is 3. The molecule has 0 aliphatic rings. The second-order valence-electron chi connectivity index (χ2n) is 2.92. The minimum absolute atomic E-state index is 0.0249. The van der Waals surface area contributed by atoms with Gasteiger partial charge in [-0.2, -0.15) is 0 Å². The van der Waals surface area contributed by atoms with Gasteiger partial charge in [-0.1, -0.05) is 6.08 Å². The van der Waals surface area contributed by atoms with Gasteiger partial charge in [0.1, 0.15) is 5.75 Å². The van der Waals surface area contributed by atoms with Crippen molar-refractivity contribution in [1.29, 1.82) is 0 Å². The van der Waals surface area contributed by atoms with Crippen LogP contribution in [0.3, 0.4) is 0 Å². The molecule has 4 nitrogen and oxygen atoms in total. The number of halogens is 1. The molecule has 0 aliphatic heterocycles. The zero-order valence-electron chi connectivity index (χ0n) is 7.77. The third kappa shape index (κ3) is 2.19. The molecule has 1 aromatic rings. The Hall–Kier alpha value is -1.33. The normalized spacial score (nSPS) is 12.1. The fourth-order valence-electron chi connectivity index (χ4n) is 1.22.